The molecule has 0 bridgehead atoms. The van der Waals surface area contributed by atoms with Gasteiger partial charge in [0.1, 0.15) is 0 Å². The standard InChI is InChI=1S/C17H18N4S/c18-16(20-17(22)19-15-8-2-1-3-9-15)21-11-10-13-6-4-5-7-14(13)12-21/h1-9H,10-12H2,(H3,18,19,20,22). The summed E-state index contributed by atoms with van der Waals surface area (Å²) < 4.78 is 0. The van der Waals surface area contributed by atoms with Gasteiger partial charge in [0.2, 0.25) is 5.11 Å². The van der Waals surface area contributed by atoms with E-state index < -0.39 is 0 Å². The van der Waals surface area contributed by atoms with Crippen LogP contribution in [0, 0.1) is 0 Å². The minimum absolute atomic E-state index is 0.377. The van der Waals surface area contributed by atoms with Crippen molar-refractivity contribution in [2.45, 2.75) is 13.0 Å². The summed E-state index contributed by atoms with van der Waals surface area (Å²) in [6.45, 7) is 1.64. The first-order valence-electron chi connectivity index (χ1n) is 7.24. The number of hydrogen-bond donors (Lipinski definition) is 2. The van der Waals surface area contributed by atoms with Crippen LogP contribution in [0.4, 0.5) is 5.69 Å². The number of hydrogen-bond acceptors (Lipinski definition) is 1. The lowest BCUT2D eigenvalue weighted by Crippen LogP contribution is -2.41. The molecule has 1 aliphatic heterocycles. The summed E-state index contributed by atoms with van der Waals surface area (Å²) in [5, 5.41) is 3.45. The lowest BCUT2D eigenvalue weighted by molar-refractivity contribution is 0.390. The Morgan fingerprint density at radius 1 is 1.05 bits per heavy atom. The highest BCUT2D eigenvalue weighted by Gasteiger charge is 2.17. The van der Waals surface area contributed by atoms with E-state index in [1.807, 2.05) is 30.3 Å². The van der Waals surface area contributed by atoms with Crippen LogP contribution in [0.1, 0.15) is 11.1 Å². The highest BCUT2D eigenvalue weighted by Crippen LogP contribution is 2.18. The van der Waals surface area contributed by atoms with Crippen LogP contribution in [0.5, 0.6) is 0 Å². The molecule has 5 heteroatoms. The van der Waals surface area contributed by atoms with Crippen LogP contribution < -0.4 is 11.1 Å². The molecule has 2 aromatic rings. The van der Waals surface area contributed by atoms with E-state index in [9.17, 15) is 0 Å². The summed E-state index contributed by atoms with van der Waals surface area (Å²) in [5.74, 6) is 0.461. The number of nitrogens with one attached hydrogen (secondary N) is 1. The molecule has 0 atom stereocenters. The molecule has 1 aliphatic rings. The number of aliphatic imine (C=N–C) groups is 1. The van der Waals surface area contributed by atoms with Crippen molar-refractivity contribution in [3.63, 3.8) is 0 Å². The number of thiocarbonyl (C=S) groups is 1. The van der Waals surface area contributed by atoms with Crippen molar-refractivity contribution in [2.75, 3.05) is 11.9 Å². The van der Waals surface area contributed by atoms with Crippen LogP contribution in [0.15, 0.2) is 59.6 Å². The molecule has 0 amide bonds. The number of anilines is 1. The zero-order valence-corrected chi connectivity index (χ0v) is 13.0. The third kappa shape index (κ3) is 3.43. The molecule has 0 radical (unpaired) electrons. The minimum atomic E-state index is 0.377. The Kier molecular flexibility index (Phi) is 4.34. The van der Waals surface area contributed by atoms with Crippen LogP contribution in [0.3, 0.4) is 0 Å². The lowest BCUT2D eigenvalue weighted by Gasteiger charge is -2.29. The molecule has 0 saturated carbocycles. The molecular formula is C17H18N4S. The third-order valence-corrected chi connectivity index (χ3v) is 3.89. The molecule has 0 spiro atoms. The third-order valence-electron chi connectivity index (χ3n) is 3.70. The maximum atomic E-state index is 6.11. The summed E-state index contributed by atoms with van der Waals surface area (Å²) in [7, 11) is 0. The Hall–Kier alpha value is -2.40. The maximum Gasteiger partial charge on any atom is 0.200 e. The van der Waals surface area contributed by atoms with E-state index in [1.165, 1.54) is 11.1 Å². The minimum Gasteiger partial charge on any atom is -0.369 e. The number of nitrogens with zero attached hydrogens (tertiary/aromatic N) is 2. The summed E-state index contributed by atoms with van der Waals surface area (Å²) >= 11 is 5.25. The Balaban J connectivity index is 1.66. The first-order chi connectivity index (χ1) is 10.7. The van der Waals surface area contributed by atoms with Gasteiger partial charge in [0.15, 0.2) is 5.96 Å². The van der Waals surface area contributed by atoms with E-state index in [4.69, 9.17) is 18.0 Å². The molecule has 4 nitrogen and oxygen atoms in total. The Labute approximate surface area is 135 Å². The van der Waals surface area contributed by atoms with Gasteiger partial charge in [-0.2, -0.15) is 4.99 Å². The van der Waals surface area contributed by atoms with Crippen molar-refractivity contribution >= 4 is 29.0 Å². The fourth-order valence-corrected chi connectivity index (χ4v) is 2.75. The van der Waals surface area contributed by atoms with Gasteiger partial charge in [-0.05, 0) is 41.9 Å². The molecule has 3 N–H and O–H groups in total. The lowest BCUT2D eigenvalue weighted by atomic mass is 10.0. The Morgan fingerprint density at radius 2 is 1.73 bits per heavy atom. The number of benzene rings is 2. The molecule has 3 rings (SSSR count). The van der Waals surface area contributed by atoms with Gasteiger partial charge in [-0.1, -0.05) is 42.5 Å². The number of fused-ring (bicyclic) bond motifs is 1. The van der Waals surface area contributed by atoms with E-state index in [2.05, 4.69) is 39.5 Å². The fourth-order valence-electron chi connectivity index (χ4n) is 2.54. The highest BCUT2D eigenvalue weighted by atomic mass is 32.1. The first kappa shape index (κ1) is 14.5. The average Bonchev–Trinajstić information content (AvgIpc) is 2.55. The van der Waals surface area contributed by atoms with E-state index in [-0.39, 0.29) is 0 Å². The molecule has 22 heavy (non-hydrogen) atoms. The van der Waals surface area contributed by atoms with Gasteiger partial charge in [0.25, 0.3) is 0 Å². The van der Waals surface area contributed by atoms with Crippen molar-refractivity contribution < 1.29 is 0 Å². The van der Waals surface area contributed by atoms with Crippen molar-refractivity contribution in [1.29, 1.82) is 0 Å². The molecule has 0 unspecified atom stereocenters. The molecular weight excluding hydrogens is 292 g/mol. The van der Waals surface area contributed by atoms with Crippen LogP contribution in [0.25, 0.3) is 0 Å². The van der Waals surface area contributed by atoms with E-state index in [0.717, 1.165) is 25.2 Å². The summed E-state index contributed by atoms with van der Waals surface area (Å²) in [6.07, 6.45) is 0.977. The second kappa shape index (κ2) is 6.58. The SMILES string of the molecule is N/C(=N\C(=S)Nc1ccccc1)N1CCc2ccccc2C1. The quantitative estimate of drug-likeness (QED) is 0.483. The van der Waals surface area contributed by atoms with E-state index in [1.54, 1.807) is 0 Å². The number of rotatable bonds is 1. The zero-order chi connectivity index (χ0) is 15.4. The van der Waals surface area contributed by atoms with Gasteiger partial charge >= 0.3 is 0 Å². The van der Waals surface area contributed by atoms with Crippen molar-refractivity contribution in [3.05, 3.63) is 65.7 Å². The van der Waals surface area contributed by atoms with Crippen molar-refractivity contribution in [3.8, 4) is 0 Å². The van der Waals surface area contributed by atoms with Crippen molar-refractivity contribution in [2.24, 2.45) is 10.7 Å². The molecule has 0 saturated heterocycles. The Bertz CT molecular complexity index is 697. The molecule has 1 heterocycles. The second-order valence-electron chi connectivity index (χ2n) is 5.21. The number of para-hydroxylation sites is 1. The largest absolute Gasteiger partial charge is 0.369 e. The van der Waals surface area contributed by atoms with Gasteiger partial charge in [-0.3, -0.25) is 0 Å². The summed E-state index contributed by atoms with van der Waals surface area (Å²) in [4.78, 5) is 6.37. The van der Waals surface area contributed by atoms with Gasteiger partial charge in [0.05, 0.1) is 0 Å². The highest BCUT2D eigenvalue weighted by molar-refractivity contribution is 7.80. The maximum absolute atomic E-state index is 6.11. The van der Waals surface area contributed by atoms with Gasteiger partial charge in [0, 0.05) is 18.8 Å². The molecule has 112 valence electrons. The van der Waals surface area contributed by atoms with Crippen LogP contribution >= 0.6 is 12.2 Å². The summed E-state index contributed by atoms with van der Waals surface area (Å²) in [5.41, 5.74) is 9.70. The van der Waals surface area contributed by atoms with E-state index in [0.29, 0.717) is 11.1 Å². The monoisotopic (exact) mass is 310 g/mol. The number of nitrogens with two attached hydrogens (primary N) is 1. The molecule has 0 fully saturated rings. The first-order valence-corrected chi connectivity index (χ1v) is 7.65. The van der Waals surface area contributed by atoms with Gasteiger partial charge in [-0.15, -0.1) is 0 Å². The number of guanidine groups is 1. The molecule has 0 aliphatic carbocycles. The average molecular weight is 310 g/mol. The summed E-state index contributed by atoms with van der Waals surface area (Å²) in [6, 6.07) is 18.2. The van der Waals surface area contributed by atoms with Crippen LogP contribution in [0.2, 0.25) is 0 Å². The van der Waals surface area contributed by atoms with E-state index >= 15 is 0 Å². The normalized spacial score (nSPS) is 14.4. The van der Waals surface area contributed by atoms with Crippen molar-refractivity contribution in [1.82, 2.24) is 4.90 Å². The molecule has 0 aromatic heterocycles. The fraction of sp³-hybridized carbons (Fsp3) is 0.176. The smallest absolute Gasteiger partial charge is 0.200 e. The Morgan fingerprint density at radius 3 is 2.50 bits per heavy atom. The topological polar surface area (TPSA) is 53.6 Å². The second-order valence-corrected chi connectivity index (χ2v) is 5.59. The van der Waals surface area contributed by atoms with Gasteiger partial charge in [-0.25, -0.2) is 0 Å². The van der Waals surface area contributed by atoms with Crippen LogP contribution in [-0.2, 0) is 13.0 Å². The predicted molar refractivity (Wildman–Crippen MR) is 94.8 cm³/mol. The molecule has 2 aromatic carbocycles. The van der Waals surface area contributed by atoms with Crippen LogP contribution in [-0.4, -0.2) is 22.5 Å². The zero-order valence-electron chi connectivity index (χ0n) is 12.2. The van der Waals surface area contributed by atoms with Gasteiger partial charge < -0.3 is 16.0 Å². The predicted octanol–water partition coefficient (Wildman–Crippen LogP) is 2.76.